The Kier molecular flexibility index (Phi) is 3.79. The molecule has 0 aliphatic heterocycles. The highest BCUT2D eigenvalue weighted by atomic mass is 79.9. The smallest absolute Gasteiger partial charge is 0.135 e. The summed E-state index contributed by atoms with van der Waals surface area (Å²) >= 11 is 3.60. The first-order valence-electron chi connectivity index (χ1n) is 6.52. The number of pyridine rings is 1. The van der Waals surface area contributed by atoms with Crippen LogP contribution in [0.25, 0.3) is 10.8 Å². The molecule has 0 unspecified atom stereocenters. The van der Waals surface area contributed by atoms with Gasteiger partial charge in [0.2, 0.25) is 0 Å². The molecule has 0 spiro atoms. The molecule has 3 aromatic rings. The van der Waals surface area contributed by atoms with E-state index in [0.29, 0.717) is 6.54 Å². The molecule has 1 N–H and O–H groups in total. The van der Waals surface area contributed by atoms with Crippen LogP contribution >= 0.6 is 15.9 Å². The molecule has 0 bridgehead atoms. The lowest BCUT2D eigenvalue weighted by Crippen LogP contribution is -2.07. The van der Waals surface area contributed by atoms with E-state index in [9.17, 15) is 0 Å². The van der Waals surface area contributed by atoms with Crippen LogP contribution in [0.3, 0.4) is 0 Å². The second-order valence-corrected chi connectivity index (χ2v) is 5.44. The van der Waals surface area contributed by atoms with E-state index in [1.807, 2.05) is 36.0 Å². The van der Waals surface area contributed by atoms with Crippen molar-refractivity contribution in [2.24, 2.45) is 7.05 Å². The van der Waals surface area contributed by atoms with Crippen LogP contribution in [-0.4, -0.2) is 21.6 Å². The Balaban J connectivity index is 2.00. The summed E-state index contributed by atoms with van der Waals surface area (Å²) in [6.45, 7) is 0.610. The fraction of sp³-hybridized carbons (Fsp3) is 0.200. The standard InChI is InChI=1S/C15H15BrN4O/c1-20-8-7-17-12(20)9-19-15-13-10(5-6-18-15)3-4-11(21-2)14(13)16/h3-8H,9H2,1-2H3,(H,18,19). The zero-order chi connectivity index (χ0) is 14.8. The van der Waals surface area contributed by atoms with Gasteiger partial charge in [-0.05, 0) is 33.4 Å². The maximum atomic E-state index is 5.36. The molecule has 108 valence electrons. The minimum absolute atomic E-state index is 0.610. The summed E-state index contributed by atoms with van der Waals surface area (Å²) in [4.78, 5) is 8.74. The Hall–Kier alpha value is -2.08. The van der Waals surface area contributed by atoms with Crippen LogP contribution in [0, 0.1) is 0 Å². The lowest BCUT2D eigenvalue weighted by molar-refractivity contribution is 0.413. The topological polar surface area (TPSA) is 52.0 Å². The molecule has 21 heavy (non-hydrogen) atoms. The number of imidazole rings is 1. The van der Waals surface area contributed by atoms with Crippen molar-refractivity contribution in [3.8, 4) is 5.75 Å². The number of hydrogen-bond donors (Lipinski definition) is 1. The Morgan fingerprint density at radius 2 is 2.10 bits per heavy atom. The van der Waals surface area contributed by atoms with E-state index in [0.717, 1.165) is 32.6 Å². The largest absolute Gasteiger partial charge is 0.496 e. The minimum Gasteiger partial charge on any atom is -0.496 e. The van der Waals surface area contributed by atoms with Gasteiger partial charge in [-0.25, -0.2) is 9.97 Å². The van der Waals surface area contributed by atoms with E-state index in [-0.39, 0.29) is 0 Å². The molecule has 0 radical (unpaired) electrons. The molecule has 0 aliphatic carbocycles. The summed E-state index contributed by atoms with van der Waals surface area (Å²) in [5.74, 6) is 2.55. The maximum Gasteiger partial charge on any atom is 0.135 e. The zero-order valence-electron chi connectivity index (χ0n) is 11.8. The first-order valence-corrected chi connectivity index (χ1v) is 7.31. The molecule has 0 aliphatic rings. The first kappa shape index (κ1) is 13.9. The van der Waals surface area contributed by atoms with Gasteiger partial charge in [0, 0.05) is 31.0 Å². The highest BCUT2D eigenvalue weighted by Gasteiger charge is 2.11. The molecule has 2 heterocycles. The number of benzene rings is 1. The molecule has 0 fully saturated rings. The van der Waals surface area contributed by atoms with Crippen molar-refractivity contribution in [1.29, 1.82) is 0 Å². The number of aryl methyl sites for hydroxylation is 1. The van der Waals surface area contributed by atoms with Crippen LogP contribution in [0.5, 0.6) is 5.75 Å². The number of nitrogens with one attached hydrogen (secondary N) is 1. The number of aromatic nitrogens is 3. The summed E-state index contributed by atoms with van der Waals surface area (Å²) < 4.78 is 8.24. The summed E-state index contributed by atoms with van der Waals surface area (Å²) in [7, 11) is 3.63. The van der Waals surface area contributed by atoms with Gasteiger partial charge < -0.3 is 14.6 Å². The van der Waals surface area contributed by atoms with E-state index >= 15 is 0 Å². The van der Waals surface area contributed by atoms with E-state index in [1.165, 1.54) is 0 Å². The normalized spacial score (nSPS) is 10.8. The summed E-state index contributed by atoms with van der Waals surface area (Å²) in [6, 6.07) is 5.94. The minimum atomic E-state index is 0.610. The van der Waals surface area contributed by atoms with Gasteiger partial charge in [-0.3, -0.25) is 0 Å². The average Bonchev–Trinajstić information content (AvgIpc) is 2.91. The predicted molar refractivity (Wildman–Crippen MR) is 86.5 cm³/mol. The van der Waals surface area contributed by atoms with E-state index in [1.54, 1.807) is 19.5 Å². The summed E-state index contributed by atoms with van der Waals surface area (Å²) in [5, 5.41) is 5.45. The number of halogens is 1. The van der Waals surface area contributed by atoms with Crippen LogP contribution in [0.2, 0.25) is 0 Å². The second-order valence-electron chi connectivity index (χ2n) is 4.65. The van der Waals surface area contributed by atoms with Gasteiger partial charge in [0.15, 0.2) is 0 Å². The van der Waals surface area contributed by atoms with Gasteiger partial charge >= 0.3 is 0 Å². The molecular formula is C15H15BrN4O. The fourth-order valence-electron chi connectivity index (χ4n) is 2.23. The van der Waals surface area contributed by atoms with E-state index < -0.39 is 0 Å². The average molecular weight is 347 g/mol. The highest BCUT2D eigenvalue weighted by Crippen LogP contribution is 2.36. The van der Waals surface area contributed by atoms with Crippen molar-refractivity contribution in [1.82, 2.24) is 14.5 Å². The Bertz CT molecular complexity index is 784. The molecule has 3 rings (SSSR count). The van der Waals surface area contributed by atoms with Crippen LogP contribution in [-0.2, 0) is 13.6 Å². The summed E-state index contributed by atoms with van der Waals surface area (Å²) in [5.41, 5.74) is 0. The number of methoxy groups -OCH3 is 1. The maximum absolute atomic E-state index is 5.36. The third-order valence-electron chi connectivity index (χ3n) is 3.39. The van der Waals surface area contributed by atoms with Crippen LogP contribution < -0.4 is 10.1 Å². The number of rotatable bonds is 4. The molecule has 1 aromatic carbocycles. The van der Waals surface area contributed by atoms with Crippen molar-refractivity contribution in [2.45, 2.75) is 6.54 Å². The first-order chi connectivity index (χ1) is 10.2. The molecule has 0 saturated heterocycles. The molecule has 0 atom stereocenters. The van der Waals surface area contributed by atoms with Crippen molar-refractivity contribution >= 4 is 32.5 Å². The van der Waals surface area contributed by atoms with E-state index in [2.05, 4.69) is 31.2 Å². The highest BCUT2D eigenvalue weighted by molar-refractivity contribution is 9.10. The van der Waals surface area contributed by atoms with Gasteiger partial charge in [-0.1, -0.05) is 6.07 Å². The Morgan fingerprint density at radius 3 is 2.81 bits per heavy atom. The third-order valence-corrected chi connectivity index (χ3v) is 4.18. The third kappa shape index (κ3) is 2.58. The van der Waals surface area contributed by atoms with Crippen molar-refractivity contribution in [2.75, 3.05) is 12.4 Å². The molecule has 5 nitrogen and oxygen atoms in total. The Labute approximate surface area is 131 Å². The lowest BCUT2D eigenvalue weighted by atomic mass is 10.1. The molecule has 6 heteroatoms. The zero-order valence-corrected chi connectivity index (χ0v) is 13.4. The number of fused-ring (bicyclic) bond motifs is 1. The second kappa shape index (κ2) is 5.73. The molecular weight excluding hydrogens is 332 g/mol. The van der Waals surface area contributed by atoms with Crippen LogP contribution in [0.1, 0.15) is 5.82 Å². The van der Waals surface area contributed by atoms with Crippen molar-refractivity contribution in [3.63, 3.8) is 0 Å². The quantitative estimate of drug-likeness (QED) is 0.786. The van der Waals surface area contributed by atoms with Gasteiger partial charge in [0.1, 0.15) is 17.4 Å². The van der Waals surface area contributed by atoms with Gasteiger partial charge in [-0.15, -0.1) is 0 Å². The monoisotopic (exact) mass is 346 g/mol. The number of anilines is 1. The SMILES string of the molecule is COc1ccc2ccnc(NCc3nccn3C)c2c1Br. The van der Waals surface area contributed by atoms with Gasteiger partial charge in [-0.2, -0.15) is 0 Å². The van der Waals surface area contributed by atoms with E-state index in [4.69, 9.17) is 4.74 Å². The number of ether oxygens (including phenoxy) is 1. The lowest BCUT2D eigenvalue weighted by Gasteiger charge is -2.12. The van der Waals surface area contributed by atoms with Crippen molar-refractivity contribution in [3.05, 3.63) is 47.1 Å². The van der Waals surface area contributed by atoms with Gasteiger partial charge in [0.05, 0.1) is 18.1 Å². The summed E-state index contributed by atoms with van der Waals surface area (Å²) in [6.07, 6.45) is 5.50. The van der Waals surface area contributed by atoms with Crippen molar-refractivity contribution < 1.29 is 4.74 Å². The van der Waals surface area contributed by atoms with Gasteiger partial charge in [0.25, 0.3) is 0 Å². The van der Waals surface area contributed by atoms with Crippen LogP contribution in [0.15, 0.2) is 41.3 Å². The predicted octanol–water partition coefficient (Wildman–Crippen LogP) is 3.35. The Morgan fingerprint density at radius 1 is 1.24 bits per heavy atom. The molecule has 0 saturated carbocycles. The van der Waals surface area contributed by atoms with Crippen LogP contribution in [0.4, 0.5) is 5.82 Å². The molecule has 0 amide bonds. The number of hydrogen-bond acceptors (Lipinski definition) is 4. The number of nitrogens with zero attached hydrogens (tertiary/aromatic N) is 3. The fourth-order valence-corrected chi connectivity index (χ4v) is 2.94. The molecule has 2 aromatic heterocycles.